The third kappa shape index (κ3) is 7.71. The van der Waals surface area contributed by atoms with Crippen LogP contribution in [-0.2, 0) is 16.0 Å². The molecule has 2 heterocycles. The van der Waals surface area contributed by atoms with Crippen molar-refractivity contribution in [2.75, 3.05) is 51.4 Å². The molecule has 7 nitrogen and oxygen atoms in total. The first-order valence-electron chi connectivity index (χ1n) is 9.77. The van der Waals surface area contributed by atoms with Crippen LogP contribution < -0.4 is 15.5 Å². The molecule has 1 unspecified atom stereocenters. The van der Waals surface area contributed by atoms with Crippen molar-refractivity contribution in [3.05, 3.63) is 23.9 Å². The Morgan fingerprint density at radius 1 is 1.32 bits per heavy atom. The molecule has 1 aromatic rings. The molecular weight excluding hydrogens is 469 g/mol. The maximum atomic E-state index is 5.63. The third-order valence-electron chi connectivity index (χ3n) is 4.64. The van der Waals surface area contributed by atoms with Crippen molar-refractivity contribution in [2.45, 2.75) is 40.3 Å². The van der Waals surface area contributed by atoms with Crippen molar-refractivity contribution >= 4 is 35.8 Å². The summed E-state index contributed by atoms with van der Waals surface area (Å²) in [5.74, 6) is 1.80. The monoisotopic (exact) mass is 505 g/mol. The number of anilines is 1. The van der Waals surface area contributed by atoms with E-state index in [-0.39, 0.29) is 35.5 Å². The lowest BCUT2D eigenvalue weighted by Gasteiger charge is -2.30. The molecule has 0 spiro atoms. The van der Waals surface area contributed by atoms with Crippen LogP contribution in [0.2, 0.25) is 0 Å². The van der Waals surface area contributed by atoms with Crippen LogP contribution in [-0.4, -0.2) is 63.6 Å². The number of ether oxygens (including phenoxy) is 2. The largest absolute Gasteiger partial charge is 0.379 e. The predicted molar refractivity (Wildman–Crippen MR) is 126 cm³/mol. The van der Waals surface area contributed by atoms with Crippen LogP contribution in [0.3, 0.4) is 0 Å². The fraction of sp³-hybridized carbons (Fsp3) is 0.700. The summed E-state index contributed by atoms with van der Waals surface area (Å²) in [6.07, 6.45) is 1.94. The molecule has 1 fully saturated rings. The van der Waals surface area contributed by atoms with Crippen LogP contribution in [0.15, 0.2) is 23.3 Å². The second kappa shape index (κ2) is 12.4. The molecule has 0 aliphatic carbocycles. The second-order valence-electron chi connectivity index (χ2n) is 7.75. The number of hydrogen-bond acceptors (Lipinski definition) is 5. The van der Waals surface area contributed by atoms with E-state index in [0.717, 1.165) is 50.2 Å². The molecule has 2 N–H and O–H groups in total. The fourth-order valence-corrected chi connectivity index (χ4v) is 3.05. The van der Waals surface area contributed by atoms with E-state index in [1.54, 1.807) is 7.11 Å². The maximum Gasteiger partial charge on any atom is 0.191 e. The third-order valence-corrected chi connectivity index (χ3v) is 4.64. The van der Waals surface area contributed by atoms with Gasteiger partial charge in [0.2, 0.25) is 0 Å². The zero-order valence-electron chi connectivity index (χ0n) is 17.8. The maximum absolute atomic E-state index is 5.63. The number of methoxy groups -OCH3 is 1. The average Bonchev–Trinajstić information content (AvgIpc) is 2.66. The van der Waals surface area contributed by atoms with Crippen LogP contribution >= 0.6 is 24.0 Å². The van der Waals surface area contributed by atoms with Crippen LogP contribution in [0.25, 0.3) is 0 Å². The van der Waals surface area contributed by atoms with E-state index < -0.39 is 0 Å². The number of guanidine groups is 1. The molecule has 28 heavy (non-hydrogen) atoms. The van der Waals surface area contributed by atoms with Crippen molar-refractivity contribution in [1.29, 1.82) is 0 Å². The lowest BCUT2D eigenvalue weighted by Crippen LogP contribution is -2.45. The lowest BCUT2D eigenvalue weighted by molar-refractivity contribution is 0.0205. The molecule has 1 aliphatic heterocycles. The van der Waals surface area contributed by atoms with Gasteiger partial charge in [-0.25, -0.2) is 9.98 Å². The van der Waals surface area contributed by atoms with Gasteiger partial charge in [0.25, 0.3) is 0 Å². The summed E-state index contributed by atoms with van der Waals surface area (Å²) in [6.45, 7) is 13.9. The van der Waals surface area contributed by atoms with E-state index in [4.69, 9.17) is 14.5 Å². The Morgan fingerprint density at radius 3 is 2.64 bits per heavy atom. The minimum atomic E-state index is 0. The van der Waals surface area contributed by atoms with Crippen molar-refractivity contribution in [2.24, 2.45) is 10.4 Å². The zero-order valence-corrected chi connectivity index (χ0v) is 20.2. The summed E-state index contributed by atoms with van der Waals surface area (Å²) in [4.78, 5) is 11.6. The first-order valence-corrected chi connectivity index (χ1v) is 9.77. The zero-order chi connectivity index (χ0) is 19.7. The van der Waals surface area contributed by atoms with E-state index in [1.807, 2.05) is 12.3 Å². The first kappa shape index (κ1) is 24.9. The normalized spacial score (nSPS) is 16.3. The quantitative estimate of drug-likeness (QED) is 0.338. The Hall–Kier alpha value is -1.13. The highest BCUT2D eigenvalue weighted by molar-refractivity contribution is 14.0. The summed E-state index contributed by atoms with van der Waals surface area (Å²) in [5.41, 5.74) is 1.18. The van der Waals surface area contributed by atoms with E-state index in [1.165, 1.54) is 0 Å². The van der Waals surface area contributed by atoms with Gasteiger partial charge in [0.1, 0.15) is 5.82 Å². The molecule has 1 atom stereocenters. The summed E-state index contributed by atoms with van der Waals surface area (Å²) in [6, 6.07) is 4.06. The number of morpholine rings is 1. The first-order chi connectivity index (χ1) is 13.0. The number of halogens is 1. The van der Waals surface area contributed by atoms with Crippen molar-refractivity contribution in [3.63, 3.8) is 0 Å². The van der Waals surface area contributed by atoms with Gasteiger partial charge < -0.3 is 25.0 Å². The Labute approximate surface area is 186 Å². The number of aliphatic imine (C=N–C) groups is 1. The van der Waals surface area contributed by atoms with Crippen LogP contribution in [0.4, 0.5) is 5.82 Å². The number of nitrogens with one attached hydrogen (secondary N) is 2. The Balaban J connectivity index is 0.00000392. The van der Waals surface area contributed by atoms with Gasteiger partial charge >= 0.3 is 0 Å². The van der Waals surface area contributed by atoms with Gasteiger partial charge in [0.15, 0.2) is 5.96 Å². The molecular formula is C20H36IN5O2. The van der Waals surface area contributed by atoms with Crippen LogP contribution in [0, 0.1) is 5.41 Å². The average molecular weight is 505 g/mol. The molecule has 1 saturated heterocycles. The molecule has 1 aliphatic rings. The molecule has 0 bridgehead atoms. The van der Waals surface area contributed by atoms with Crippen LogP contribution in [0.5, 0.6) is 0 Å². The SMILES string of the molecule is CCNC(=NCc1cccnc1N1CCOCC1)NCC(OC)C(C)(C)C.I. The Bertz CT molecular complexity index is 601. The van der Waals surface area contributed by atoms with Gasteiger partial charge in [-0.1, -0.05) is 26.8 Å². The smallest absolute Gasteiger partial charge is 0.191 e. The molecule has 1 aromatic heterocycles. The number of hydrogen-bond donors (Lipinski definition) is 2. The van der Waals surface area contributed by atoms with Crippen LogP contribution in [0.1, 0.15) is 33.3 Å². The minimum absolute atomic E-state index is 0. The van der Waals surface area contributed by atoms with Gasteiger partial charge in [-0.2, -0.15) is 0 Å². The van der Waals surface area contributed by atoms with E-state index in [2.05, 4.69) is 54.3 Å². The second-order valence-corrected chi connectivity index (χ2v) is 7.75. The van der Waals surface area contributed by atoms with Crippen molar-refractivity contribution < 1.29 is 9.47 Å². The van der Waals surface area contributed by atoms with Crippen molar-refractivity contribution in [3.8, 4) is 0 Å². The molecule has 0 saturated carbocycles. The standard InChI is InChI=1S/C20H35N5O2.HI/c1-6-21-19(24-15-17(26-5)20(2,3)4)23-14-16-8-7-9-22-18(16)25-10-12-27-13-11-25;/h7-9,17H,6,10-15H2,1-5H3,(H2,21,23,24);1H. The van der Waals surface area contributed by atoms with E-state index in [0.29, 0.717) is 13.1 Å². The molecule has 0 radical (unpaired) electrons. The summed E-state index contributed by atoms with van der Waals surface area (Å²) >= 11 is 0. The molecule has 0 amide bonds. The lowest BCUT2D eigenvalue weighted by atomic mass is 9.89. The fourth-order valence-electron chi connectivity index (χ4n) is 3.05. The Kier molecular flexibility index (Phi) is 11.1. The predicted octanol–water partition coefficient (Wildman–Crippen LogP) is 2.65. The summed E-state index contributed by atoms with van der Waals surface area (Å²) in [7, 11) is 1.76. The molecule has 8 heteroatoms. The highest BCUT2D eigenvalue weighted by Gasteiger charge is 2.24. The molecule has 2 rings (SSSR count). The van der Waals surface area contributed by atoms with Gasteiger partial charge in [0.05, 0.1) is 25.9 Å². The molecule has 0 aromatic carbocycles. The van der Waals surface area contributed by atoms with Gasteiger partial charge in [-0.05, 0) is 18.4 Å². The van der Waals surface area contributed by atoms with E-state index >= 15 is 0 Å². The van der Waals surface area contributed by atoms with Gasteiger partial charge in [-0.3, -0.25) is 0 Å². The summed E-state index contributed by atoms with van der Waals surface area (Å²) < 4.78 is 11.1. The highest BCUT2D eigenvalue weighted by Crippen LogP contribution is 2.21. The highest BCUT2D eigenvalue weighted by atomic mass is 127. The summed E-state index contributed by atoms with van der Waals surface area (Å²) in [5, 5.41) is 6.72. The van der Waals surface area contributed by atoms with Crippen molar-refractivity contribution in [1.82, 2.24) is 15.6 Å². The van der Waals surface area contributed by atoms with Gasteiger partial charge in [-0.15, -0.1) is 24.0 Å². The number of pyridine rings is 1. The topological polar surface area (TPSA) is 71.0 Å². The Morgan fingerprint density at radius 2 is 2.04 bits per heavy atom. The minimum Gasteiger partial charge on any atom is -0.379 e. The van der Waals surface area contributed by atoms with Gasteiger partial charge in [0, 0.05) is 45.0 Å². The number of rotatable bonds is 7. The number of aromatic nitrogens is 1. The number of nitrogens with zero attached hydrogens (tertiary/aromatic N) is 3. The molecule has 160 valence electrons. The van der Waals surface area contributed by atoms with E-state index in [9.17, 15) is 0 Å².